The summed E-state index contributed by atoms with van der Waals surface area (Å²) in [6.45, 7) is 0.696. The third-order valence-corrected chi connectivity index (χ3v) is 4.26. The lowest BCUT2D eigenvalue weighted by atomic mass is 10.1. The zero-order valence-corrected chi connectivity index (χ0v) is 15.5. The van der Waals surface area contributed by atoms with Gasteiger partial charge in [-0.25, -0.2) is 4.79 Å². The van der Waals surface area contributed by atoms with E-state index in [1.165, 1.54) is 0 Å². The minimum Gasteiger partial charge on any atom is -0.354 e. The first-order chi connectivity index (χ1) is 13.6. The third-order valence-electron chi connectivity index (χ3n) is 4.26. The molecule has 3 rings (SSSR count). The molecule has 0 unspecified atom stereocenters. The van der Waals surface area contributed by atoms with Crippen LogP contribution in [0.15, 0.2) is 54.6 Å². The summed E-state index contributed by atoms with van der Waals surface area (Å²) in [7, 11) is 0. The van der Waals surface area contributed by atoms with Crippen molar-refractivity contribution < 1.29 is 14.4 Å². The predicted molar refractivity (Wildman–Crippen MR) is 107 cm³/mol. The molecule has 0 spiro atoms. The Morgan fingerprint density at radius 3 is 2.21 bits per heavy atom. The van der Waals surface area contributed by atoms with Gasteiger partial charge in [0.2, 0.25) is 5.91 Å². The fourth-order valence-electron chi connectivity index (χ4n) is 2.61. The van der Waals surface area contributed by atoms with Gasteiger partial charge in [-0.2, -0.15) is 0 Å². The van der Waals surface area contributed by atoms with Gasteiger partial charge in [0.15, 0.2) is 0 Å². The van der Waals surface area contributed by atoms with Gasteiger partial charge < -0.3 is 21.3 Å². The molecule has 0 atom stereocenters. The summed E-state index contributed by atoms with van der Waals surface area (Å²) in [6.07, 6.45) is 2.37. The summed E-state index contributed by atoms with van der Waals surface area (Å²) in [5, 5.41) is 11.1. The van der Waals surface area contributed by atoms with Gasteiger partial charge in [-0.1, -0.05) is 30.3 Å². The van der Waals surface area contributed by atoms with Crippen molar-refractivity contribution >= 4 is 23.5 Å². The first kappa shape index (κ1) is 19.4. The fraction of sp³-hybridized carbons (Fsp3) is 0.286. The molecule has 2 aromatic carbocycles. The van der Waals surface area contributed by atoms with E-state index in [4.69, 9.17) is 0 Å². The SMILES string of the molecule is O=C(Cc1ccccc1)NCCNC(=O)c1ccc(NC(=O)NC2CC2)cc1. The van der Waals surface area contributed by atoms with E-state index in [2.05, 4.69) is 21.3 Å². The van der Waals surface area contributed by atoms with Crippen molar-refractivity contribution in [3.8, 4) is 0 Å². The highest BCUT2D eigenvalue weighted by molar-refractivity contribution is 5.95. The van der Waals surface area contributed by atoms with Gasteiger partial charge in [-0.15, -0.1) is 0 Å². The molecule has 0 radical (unpaired) electrons. The van der Waals surface area contributed by atoms with Crippen LogP contribution < -0.4 is 21.3 Å². The van der Waals surface area contributed by atoms with E-state index < -0.39 is 0 Å². The summed E-state index contributed by atoms with van der Waals surface area (Å²) in [4.78, 5) is 35.7. The van der Waals surface area contributed by atoms with Gasteiger partial charge in [0, 0.05) is 30.4 Å². The number of carbonyl (C=O) groups is 3. The highest BCUT2D eigenvalue weighted by Crippen LogP contribution is 2.19. The molecule has 1 fully saturated rings. The van der Waals surface area contributed by atoms with Gasteiger partial charge in [0.25, 0.3) is 5.91 Å². The number of anilines is 1. The van der Waals surface area contributed by atoms with Crippen molar-refractivity contribution in [1.82, 2.24) is 16.0 Å². The van der Waals surface area contributed by atoms with Crippen molar-refractivity contribution in [1.29, 1.82) is 0 Å². The van der Waals surface area contributed by atoms with Crippen LogP contribution >= 0.6 is 0 Å². The second-order valence-corrected chi connectivity index (χ2v) is 6.72. The highest BCUT2D eigenvalue weighted by Gasteiger charge is 2.23. The zero-order valence-electron chi connectivity index (χ0n) is 15.5. The fourth-order valence-corrected chi connectivity index (χ4v) is 2.61. The lowest BCUT2D eigenvalue weighted by Crippen LogP contribution is -2.35. The van der Waals surface area contributed by atoms with Crippen molar-refractivity contribution in [3.05, 3.63) is 65.7 Å². The first-order valence-electron chi connectivity index (χ1n) is 9.36. The van der Waals surface area contributed by atoms with Crippen LogP contribution in [-0.4, -0.2) is 37.0 Å². The number of benzene rings is 2. The molecule has 0 saturated heterocycles. The van der Waals surface area contributed by atoms with E-state index >= 15 is 0 Å². The van der Waals surface area contributed by atoms with Gasteiger partial charge in [0.05, 0.1) is 6.42 Å². The second-order valence-electron chi connectivity index (χ2n) is 6.72. The van der Waals surface area contributed by atoms with Crippen molar-refractivity contribution in [2.75, 3.05) is 18.4 Å². The predicted octanol–water partition coefficient (Wildman–Crippen LogP) is 2.06. The average Bonchev–Trinajstić information content (AvgIpc) is 3.50. The maximum absolute atomic E-state index is 12.1. The molecular weight excluding hydrogens is 356 g/mol. The van der Waals surface area contributed by atoms with Crippen molar-refractivity contribution in [2.24, 2.45) is 0 Å². The zero-order chi connectivity index (χ0) is 19.8. The second kappa shape index (κ2) is 9.55. The number of hydrogen-bond donors (Lipinski definition) is 4. The molecule has 0 aliphatic heterocycles. The normalized spacial score (nSPS) is 12.7. The Balaban J connectivity index is 1.35. The molecule has 1 saturated carbocycles. The quantitative estimate of drug-likeness (QED) is 0.528. The summed E-state index contributed by atoms with van der Waals surface area (Å²) < 4.78 is 0. The molecule has 7 nitrogen and oxygen atoms in total. The number of hydrogen-bond acceptors (Lipinski definition) is 3. The lowest BCUT2D eigenvalue weighted by Gasteiger charge is -2.09. The topological polar surface area (TPSA) is 99.3 Å². The lowest BCUT2D eigenvalue weighted by molar-refractivity contribution is -0.120. The van der Waals surface area contributed by atoms with Crippen LogP contribution in [0.4, 0.5) is 10.5 Å². The highest BCUT2D eigenvalue weighted by atomic mass is 16.2. The third kappa shape index (κ3) is 6.42. The van der Waals surface area contributed by atoms with Crippen LogP contribution in [0.3, 0.4) is 0 Å². The number of nitrogens with one attached hydrogen (secondary N) is 4. The molecule has 0 bridgehead atoms. The van der Waals surface area contributed by atoms with Crippen LogP contribution in [-0.2, 0) is 11.2 Å². The average molecular weight is 380 g/mol. The van der Waals surface area contributed by atoms with Gasteiger partial charge in [0.1, 0.15) is 0 Å². The van der Waals surface area contributed by atoms with Crippen LogP contribution in [0.2, 0.25) is 0 Å². The van der Waals surface area contributed by atoms with E-state index in [0.29, 0.717) is 36.8 Å². The standard InChI is InChI=1S/C21H24N4O3/c26-19(14-15-4-2-1-3-5-15)22-12-13-23-20(27)16-6-8-17(9-7-16)24-21(28)25-18-10-11-18/h1-9,18H,10-14H2,(H,22,26)(H,23,27)(H2,24,25,28). The Hall–Kier alpha value is -3.35. The van der Waals surface area contributed by atoms with Crippen LogP contribution in [0.5, 0.6) is 0 Å². The number of amides is 4. The monoisotopic (exact) mass is 380 g/mol. The van der Waals surface area contributed by atoms with E-state index in [-0.39, 0.29) is 17.8 Å². The molecule has 1 aliphatic rings. The summed E-state index contributed by atoms with van der Waals surface area (Å²) in [6, 6.07) is 16.2. The minimum atomic E-state index is -0.231. The molecular formula is C21H24N4O3. The number of carbonyl (C=O) groups excluding carboxylic acids is 3. The summed E-state index contributed by atoms with van der Waals surface area (Å²) in [5.74, 6) is -0.313. The van der Waals surface area contributed by atoms with E-state index in [1.807, 2.05) is 30.3 Å². The molecule has 7 heteroatoms. The van der Waals surface area contributed by atoms with Crippen LogP contribution in [0, 0.1) is 0 Å². The molecule has 146 valence electrons. The van der Waals surface area contributed by atoms with E-state index in [1.54, 1.807) is 24.3 Å². The Bertz CT molecular complexity index is 817. The summed E-state index contributed by atoms with van der Waals surface area (Å²) >= 11 is 0. The van der Waals surface area contributed by atoms with Gasteiger partial charge in [-0.3, -0.25) is 9.59 Å². The van der Waals surface area contributed by atoms with Crippen LogP contribution in [0.25, 0.3) is 0 Å². The largest absolute Gasteiger partial charge is 0.354 e. The van der Waals surface area contributed by atoms with E-state index in [0.717, 1.165) is 18.4 Å². The molecule has 4 amide bonds. The summed E-state index contributed by atoms with van der Waals surface area (Å²) in [5.41, 5.74) is 2.06. The van der Waals surface area contributed by atoms with Gasteiger partial charge >= 0.3 is 6.03 Å². The molecule has 0 aromatic heterocycles. The first-order valence-corrected chi connectivity index (χ1v) is 9.36. The maximum Gasteiger partial charge on any atom is 0.319 e. The Labute approximate surface area is 163 Å². The maximum atomic E-state index is 12.1. The molecule has 2 aromatic rings. The molecule has 4 N–H and O–H groups in total. The molecule has 0 heterocycles. The molecule has 28 heavy (non-hydrogen) atoms. The van der Waals surface area contributed by atoms with Crippen molar-refractivity contribution in [2.45, 2.75) is 25.3 Å². The van der Waals surface area contributed by atoms with Crippen LogP contribution in [0.1, 0.15) is 28.8 Å². The molecule has 1 aliphatic carbocycles. The minimum absolute atomic E-state index is 0.0830. The number of rotatable bonds is 8. The van der Waals surface area contributed by atoms with E-state index in [9.17, 15) is 14.4 Å². The smallest absolute Gasteiger partial charge is 0.319 e. The van der Waals surface area contributed by atoms with Gasteiger partial charge in [-0.05, 0) is 42.7 Å². The number of urea groups is 1. The van der Waals surface area contributed by atoms with Crippen molar-refractivity contribution in [3.63, 3.8) is 0 Å². The Kier molecular flexibility index (Phi) is 6.62. The Morgan fingerprint density at radius 2 is 1.54 bits per heavy atom. The Morgan fingerprint density at radius 1 is 0.857 bits per heavy atom.